The van der Waals surface area contributed by atoms with Gasteiger partial charge in [0.25, 0.3) is 0 Å². The largest absolute Gasteiger partial charge is 0.309 e. The summed E-state index contributed by atoms with van der Waals surface area (Å²) in [5, 5.41) is 0. The van der Waals surface area contributed by atoms with Crippen LogP contribution in [0.2, 0.25) is 0 Å². The lowest BCUT2D eigenvalue weighted by molar-refractivity contribution is 0.104. The average Bonchev–Trinajstić information content (AvgIpc) is 2.77. The van der Waals surface area contributed by atoms with Crippen molar-refractivity contribution in [3.63, 3.8) is 0 Å². The van der Waals surface area contributed by atoms with Gasteiger partial charge in [-0.2, -0.15) is 0 Å². The molecule has 0 bridgehead atoms. The van der Waals surface area contributed by atoms with Crippen LogP contribution in [0.1, 0.15) is 59.8 Å². The van der Waals surface area contributed by atoms with Gasteiger partial charge in [-0.3, -0.25) is 4.90 Å². The Morgan fingerprint density at radius 3 is 2.33 bits per heavy atom. The topological polar surface area (TPSA) is 6.48 Å². The lowest BCUT2D eigenvalue weighted by atomic mass is 9.93. The number of rotatable bonds is 5. The summed E-state index contributed by atoms with van der Waals surface area (Å²) >= 11 is 0. The number of nitrogens with zero attached hydrogens (tertiary/aromatic N) is 2. The zero-order valence-electron chi connectivity index (χ0n) is 13.3. The van der Waals surface area contributed by atoms with E-state index in [4.69, 9.17) is 0 Å². The van der Waals surface area contributed by atoms with E-state index in [1.165, 1.54) is 38.6 Å². The van der Waals surface area contributed by atoms with Crippen LogP contribution in [0.3, 0.4) is 0 Å². The monoisotopic (exact) mass is 252 g/mol. The molecule has 1 aliphatic carbocycles. The molecule has 106 valence electrons. The quantitative estimate of drug-likeness (QED) is 0.692. The predicted octanol–water partition coefficient (Wildman–Crippen LogP) is 3.37. The molecular formula is C16H32N2. The van der Waals surface area contributed by atoms with Gasteiger partial charge in [0.05, 0.1) is 0 Å². The van der Waals surface area contributed by atoms with Crippen molar-refractivity contribution in [2.45, 2.75) is 77.4 Å². The van der Waals surface area contributed by atoms with Gasteiger partial charge >= 0.3 is 0 Å². The summed E-state index contributed by atoms with van der Waals surface area (Å²) in [6.45, 7) is 10.8. The Labute approximate surface area is 114 Å². The van der Waals surface area contributed by atoms with Gasteiger partial charge in [0.15, 0.2) is 0 Å². The second kappa shape index (κ2) is 4.79. The third-order valence-electron chi connectivity index (χ3n) is 4.96. The van der Waals surface area contributed by atoms with Crippen LogP contribution in [0, 0.1) is 5.41 Å². The van der Waals surface area contributed by atoms with Gasteiger partial charge in [-0.1, -0.05) is 6.42 Å². The molecular weight excluding hydrogens is 220 g/mol. The molecule has 2 aliphatic rings. The lowest BCUT2D eigenvalue weighted by Gasteiger charge is -2.37. The molecule has 0 aromatic carbocycles. The van der Waals surface area contributed by atoms with Crippen molar-refractivity contribution in [2.24, 2.45) is 5.41 Å². The van der Waals surface area contributed by atoms with Crippen LogP contribution in [0.5, 0.6) is 0 Å². The molecule has 0 aromatic rings. The maximum Gasteiger partial charge on any atom is 0.0167 e. The minimum atomic E-state index is 0.353. The van der Waals surface area contributed by atoms with E-state index < -0.39 is 0 Å². The zero-order valence-corrected chi connectivity index (χ0v) is 13.3. The minimum absolute atomic E-state index is 0.353. The number of hydrogen-bond acceptors (Lipinski definition) is 2. The first-order chi connectivity index (χ1) is 8.26. The van der Waals surface area contributed by atoms with Crippen molar-refractivity contribution in [1.29, 1.82) is 0 Å². The molecule has 0 unspecified atom stereocenters. The summed E-state index contributed by atoms with van der Waals surface area (Å²) in [5.74, 6) is 0. The third-order valence-corrected chi connectivity index (χ3v) is 4.96. The molecule has 0 amide bonds. The Hall–Kier alpha value is -0.0800. The number of piperidine rings is 1. The normalized spacial score (nSPS) is 36.2. The molecule has 2 nitrogen and oxygen atoms in total. The van der Waals surface area contributed by atoms with E-state index in [9.17, 15) is 0 Å². The maximum absolute atomic E-state index is 2.79. The molecule has 0 N–H and O–H groups in total. The summed E-state index contributed by atoms with van der Waals surface area (Å²) < 4.78 is 0. The molecule has 0 spiro atoms. The van der Waals surface area contributed by atoms with E-state index >= 15 is 0 Å². The van der Waals surface area contributed by atoms with Crippen LogP contribution in [0.15, 0.2) is 0 Å². The number of likely N-dealkylation sites (tertiary alicyclic amines) is 1. The van der Waals surface area contributed by atoms with Crippen molar-refractivity contribution in [3.05, 3.63) is 0 Å². The van der Waals surface area contributed by atoms with E-state index in [-0.39, 0.29) is 0 Å². The van der Waals surface area contributed by atoms with Crippen LogP contribution in [-0.2, 0) is 0 Å². The molecule has 0 radical (unpaired) electrons. The van der Waals surface area contributed by atoms with Crippen LogP contribution in [-0.4, -0.2) is 48.1 Å². The van der Waals surface area contributed by atoms with Gasteiger partial charge in [0.1, 0.15) is 0 Å². The molecule has 1 aliphatic heterocycles. The smallest absolute Gasteiger partial charge is 0.0167 e. The first-order valence-corrected chi connectivity index (χ1v) is 7.69. The molecule has 2 fully saturated rings. The van der Waals surface area contributed by atoms with Crippen LogP contribution in [0.4, 0.5) is 0 Å². The highest BCUT2D eigenvalue weighted by Crippen LogP contribution is 2.63. The van der Waals surface area contributed by atoms with Gasteiger partial charge < -0.3 is 4.90 Å². The molecule has 2 rings (SSSR count). The van der Waals surface area contributed by atoms with Crippen LogP contribution >= 0.6 is 0 Å². The Morgan fingerprint density at radius 1 is 1.17 bits per heavy atom. The minimum Gasteiger partial charge on any atom is -0.309 e. The molecule has 1 saturated carbocycles. The van der Waals surface area contributed by atoms with Crippen molar-refractivity contribution < 1.29 is 0 Å². The fourth-order valence-electron chi connectivity index (χ4n) is 4.34. The van der Waals surface area contributed by atoms with Gasteiger partial charge in [-0.25, -0.2) is 0 Å². The fraction of sp³-hybridized carbons (Fsp3) is 1.00. The fourth-order valence-corrected chi connectivity index (χ4v) is 4.34. The summed E-state index contributed by atoms with van der Waals surface area (Å²) in [5.41, 5.74) is 1.06. The first-order valence-electron chi connectivity index (χ1n) is 7.69. The standard InChI is InChI=1S/C16H32N2/c1-13-11-16(9-7-8-10-17(5)6)12-14(16)18(13)15(2,3)4/h13-14H,7-12H2,1-6H3/t13-,14-,16+/m1/s1. The Kier molecular flexibility index (Phi) is 3.81. The van der Waals surface area contributed by atoms with E-state index in [2.05, 4.69) is 51.6 Å². The van der Waals surface area contributed by atoms with E-state index in [1.807, 2.05) is 0 Å². The lowest BCUT2D eigenvalue weighted by Crippen LogP contribution is -2.45. The van der Waals surface area contributed by atoms with Gasteiger partial charge in [-0.05, 0) is 79.4 Å². The van der Waals surface area contributed by atoms with Crippen molar-refractivity contribution in [1.82, 2.24) is 9.80 Å². The predicted molar refractivity (Wildman–Crippen MR) is 78.9 cm³/mol. The van der Waals surface area contributed by atoms with Crippen molar-refractivity contribution in [3.8, 4) is 0 Å². The number of fused-ring (bicyclic) bond motifs is 1. The summed E-state index contributed by atoms with van der Waals surface area (Å²) in [4.78, 5) is 5.10. The highest BCUT2D eigenvalue weighted by atomic mass is 15.3. The molecule has 18 heavy (non-hydrogen) atoms. The van der Waals surface area contributed by atoms with E-state index in [0.717, 1.165) is 12.1 Å². The zero-order chi connectivity index (χ0) is 13.6. The highest BCUT2D eigenvalue weighted by Gasteiger charge is 2.64. The van der Waals surface area contributed by atoms with E-state index in [1.54, 1.807) is 0 Å². The Balaban J connectivity index is 1.83. The number of hydrogen-bond donors (Lipinski definition) is 0. The maximum atomic E-state index is 2.79. The van der Waals surface area contributed by atoms with Crippen molar-refractivity contribution >= 4 is 0 Å². The SMILES string of the molecule is C[C@@H]1C[C@@]2(CCCCN(C)C)C[C@H]2N1C(C)(C)C. The van der Waals surface area contributed by atoms with Gasteiger partial charge in [0.2, 0.25) is 0 Å². The Morgan fingerprint density at radius 2 is 1.83 bits per heavy atom. The highest BCUT2D eigenvalue weighted by molar-refractivity contribution is 5.17. The molecule has 3 atom stereocenters. The summed E-state index contributed by atoms with van der Waals surface area (Å²) in [7, 11) is 4.36. The second-order valence-corrected chi connectivity index (χ2v) is 7.97. The average molecular weight is 252 g/mol. The number of unbranched alkanes of at least 4 members (excludes halogenated alkanes) is 1. The molecule has 1 saturated heterocycles. The summed E-state index contributed by atoms with van der Waals surface area (Å²) in [6, 6.07) is 1.68. The van der Waals surface area contributed by atoms with E-state index in [0.29, 0.717) is 11.0 Å². The van der Waals surface area contributed by atoms with Crippen molar-refractivity contribution in [2.75, 3.05) is 20.6 Å². The second-order valence-electron chi connectivity index (χ2n) is 7.97. The van der Waals surface area contributed by atoms with Crippen LogP contribution < -0.4 is 0 Å². The van der Waals surface area contributed by atoms with Gasteiger partial charge in [0, 0.05) is 17.6 Å². The van der Waals surface area contributed by atoms with Crippen LogP contribution in [0.25, 0.3) is 0 Å². The first kappa shape index (κ1) is 14.3. The van der Waals surface area contributed by atoms with Gasteiger partial charge in [-0.15, -0.1) is 0 Å². The molecule has 0 aromatic heterocycles. The third kappa shape index (κ3) is 2.75. The Bertz CT molecular complexity index is 292. The summed E-state index contributed by atoms with van der Waals surface area (Å²) in [6.07, 6.45) is 7.15. The molecule has 1 heterocycles. The molecule has 2 heteroatoms.